The van der Waals surface area contributed by atoms with Gasteiger partial charge in [-0.15, -0.1) is 5.10 Å². The average Bonchev–Trinajstić information content (AvgIpc) is 4.08. The van der Waals surface area contributed by atoms with Gasteiger partial charge in [0.15, 0.2) is 46.7 Å². The third-order valence-corrected chi connectivity index (χ3v) is 10.1. The minimum atomic E-state index is -1.09. The summed E-state index contributed by atoms with van der Waals surface area (Å²) in [6, 6.07) is 8.83. The summed E-state index contributed by atoms with van der Waals surface area (Å²) in [7, 11) is 0. The minimum Gasteiger partial charge on any atom is -0.394 e. The van der Waals surface area contributed by atoms with Crippen LogP contribution in [0.3, 0.4) is 0 Å². The second kappa shape index (κ2) is 15.6. The van der Waals surface area contributed by atoms with Gasteiger partial charge in [0.25, 0.3) is 5.91 Å². The number of aliphatic hydroxyl groups is 2. The summed E-state index contributed by atoms with van der Waals surface area (Å²) in [6.45, 7) is 4.35. The van der Waals surface area contributed by atoms with Crippen molar-refractivity contribution in [3.8, 4) is 0 Å². The number of carbonyl (C=O) groups is 1. The number of hydrogen-bond acceptors (Lipinski definition) is 18. The van der Waals surface area contributed by atoms with Crippen molar-refractivity contribution in [3.63, 3.8) is 0 Å². The highest BCUT2D eigenvalue weighted by molar-refractivity contribution is 6.06. The normalized spacial score (nSPS) is 26.5. The number of aliphatic hydroxyl groups excluding tert-OH is 2. The van der Waals surface area contributed by atoms with Crippen LogP contribution < -0.4 is 11.1 Å². The number of imidazole rings is 2. The molecule has 3 aliphatic heterocycles. The van der Waals surface area contributed by atoms with Gasteiger partial charge < -0.3 is 49.7 Å². The van der Waals surface area contributed by atoms with Crippen molar-refractivity contribution >= 4 is 39.9 Å². The molecular weight excluding hydrogens is 758 g/mol. The van der Waals surface area contributed by atoms with Crippen molar-refractivity contribution in [3.05, 3.63) is 73.1 Å². The number of anilines is 2. The highest BCUT2D eigenvalue weighted by Crippen LogP contribution is 2.44. The van der Waals surface area contributed by atoms with Gasteiger partial charge in [0.1, 0.15) is 60.5 Å². The van der Waals surface area contributed by atoms with E-state index in [1.54, 1.807) is 50.6 Å². The van der Waals surface area contributed by atoms with Crippen molar-refractivity contribution in [1.82, 2.24) is 54.0 Å². The fourth-order valence-electron chi connectivity index (χ4n) is 7.48. The number of benzene rings is 1. The van der Waals surface area contributed by atoms with E-state index in [-0.39, 0.29) is 37.4 Å². The Morgan fingerprint density at radius 1 is 0.931 bits per heavy atom. The number of aromatic nitrogens is 11. The zero-order valence-electron chi connectivity index (χ0n) is 31.4. The van der Waals surface area contributed by atoms with Crippen LogP contribution in [-0.2, 0) is 41.6 Å². The Balaban J connectivity index is 0.795. The van der Waals surface area contributed by atoms with Crippen molar-refractivity contribution in [2.24, 2.45) is 0 Å². The van der Waals surface area contributed by atoms with Crippen LogP contribution in [0, 0.1) is 0 Å². The Kier molecular flexibility index (Phi) is 10.2. The van der Waals surface area contributed by atoms with Crippen LogP contribution in [0.25, 0.3) is 22.3 Å². The number of nitrogen functional groups attached to an aromatic ring is 1. The van der Waals surface area contributed by atoms with E-state index in [9.17, 15) is 15.0 Å². The zero-order chi connectivity index (χ0) is 40.0. The summed E-state index contributed by atoms with van der Waals surface area (Å²) < 4.78 is 42.2. The number of nitrogens with one attached hydrogen (secondary N) is 1. The summed E-state index contributed by atoms with van der Waals surface area (Å²) in [5.74, 6) is -0.710. The maximum Gasteiger partial charge on any atom is 0.256 e. The molecule has 22 heteroatoms. The van der Waals surface area contributed by atoms with Gasteiger partial charge in [0, 0.05) is 18.7 Å². The molecule has 1 amide bonds. The summed E-state index contributed by atoms with van der Waals surface area (Å²) in [4.78, 5) is 38.6. The second-order valence-corrected chi connectivity index (χ2v) is 14.5. The lowest BCUT2D eigenvalue weighted by Crippen LogP contribution is -2.35. The number of hydrogen-bond donors (Lipinski definition) is 4. The first-order valence-electron chi connectivity index (χ1n) is 18.7. The minimum absolute atomic E-state index is 0.164. The lowest BCUT2D eigenvalue weighted by Gasteiger charge is -2.24. The predicted octanol–water partition coefficient (Wildman–Crippen LogP) is 0.752. The fourth-order valence-corrected chi connectivity index (χ4v) is 7.48. The van der Waals surface area contributed by atoms with Crippen LogP contribution in [0.2, 0.25) is 0 Å². The molecule has 8 heterocycles. The smallest absolute Gasteiger partial charge is 0.256 e. The third kappa shape index (κ3) is 7.24. The quantitative estimate of drug-likeness (QED) is 0.111. The molecule has 0 bridgehead atoms. The van der Waals surface area contributed by atoms with Gasteiger partial charge in [-0.2, -0.15) is 0 Å². The van der Waals surface area contributed by atoms with Crippen LogP contribution in [0.5, 0.6) is 0 Å². The summed E-state index contributed by atoms with van der Waals surface area (Å²) >= 11 is 0. The molecule has 3 saturated heterocycles. The van der Waals surface area contributed by atoms with E-state index in [1.807, 2.05) is 19.9 Å². The van der Waals surface area contributed by atoms with Crippen LogP contribution in [0.15, 0.2) is 61.8 Å². The molecule has 0 aliphatic carbocycles. The number of ether oxygens (including phenoxy) is 6. The number of fused-ring (bicyclic) bond motifs is 3. The Morgan fingerprint density at radius 3 is 2.47 bits per heavy atom. The molecule has 58 heavy (non-hydrogen) atoms. The molecule has 0 radical (unpaired) electrons. The first kappa shape index (κ1) is 38.0. The largest absolute Gasteiger partial charge is 0.394 e. The maximum atomic E-state index is 12.9. The molecule has 8 atom stereocenters. The van der Waals surface area contributed by atoms with E-state index in [0.29, 0.717) is 46.6 Å². The van der Waals surface area contributed by atoms with E-state index in [0.717, 1.165) is 0 Å². The summed E-state index contributed by atoms with van der Waals surface area (Å²) in [6.07, 6.45) is 2.39. The predicted molar refractivity (Wildman–Crippen MR) is 198 cm³/mol. The first-order chi connectivity index (χ1) is 28.2. The van der Waals surface area contributed by atoms with Crippen molar-refractivity contribution in [2.75, 3.05) is 30.9 Å². The molecule has 1 aromatic carbocycles. The van der Waals surface area contributed by atoms with E-state index in [4.69, 9.17) is 34.2 Å². The van der Waals surface area contributed by atoms with E-state index < -0.39 is 61.5 Å². The highest BCUT2D eigenvalue weighted by atomic mass is 16.8. The Hall–Kier alpha value is -5.59. The molecule has 22 nitrogen and oxygen atoms in total. The van der Waals surface area contributed by atoms with Gasteiger partial charge in [-0.1, -0.05) is 23.4 Å². The molecule has 3 aliphatic rings. The second-order valence-electron chi connectivity index (χ2n) is 14.5. The molecule has 0 saturated carbocycles. The molecule has 5 aromatic heterocycles. The van der Waals surface area contributed by atoms with E-state index >= 15 is 0 Å². The van der Waals surface area contributed by atoms with Crippen LogP contribution in [-0.4, -0.2) is 132 Å². The number of rotatable bonds is 14. The van der Waals surface area contributed by atoms with Crippen molar-refractivity contribution in [1.29, 1.82) is 0 Å². The van der Waals surface area contributed by atoms with Gasteiger partial charge in [-0.3, -0.25) is 18.6 Å². The maximum absolute atomic E-state index is 12.9. The van der Waals surface area contributed by atoms with E-state index in [1.165, 1.54) is 19.0 Å². The van der Waals surface area contributed by atoms with Crippen LogP contribution in [0.4, 0.5) is 11.6 Å². The monoisotopic (exact) mass is 799 g/mol. The molecule has 0 spiro atoms. The molecular formula is C36H41N13O9. The summed E-state index contributed by atoms with van der Waals surface area (Å²) in [5, 5.41) is 32.0. The molecule has 5 N–H and O–H groups in total. The number of nitrogens with two attached hydrogens (primary N) is 1. The number of carbonyl (C=O) groups excluding carboxylic acids is 1. The molecule has 0 unspecified atom stereocenters. The Bertz CT molecular complexity index is 2390. The first-order valence-corrected chi connectivity index (χ1v) is 18.7. The Labute approximate surface area is 329 Å². The molecule has 3 fully saturated rings. The van der Waals surface area contributed by atoms with Crippen molar-refractivity contribution < 1.29 is 43.4 Å². The fraction of sp³-hybridized carbons (Fsp3) is 0.472. The number of nitrogens with zero attached hydrogens (tertiary/aromatic N) is 11. The molecule has 304 valence electrons. The third-order valence-electron chi connectivity index (χ3n) is 10.1. The average molecular weight is 800 g/mol. The van der Waals surface area contributed by atoms with Crippen LogP contribution >= 0.6 is 0 Å². The lowest BCUT2D eigenvalue weighted by molar-refractivity contribution is -0.202. The standard InChI is InChI=1S/C36H41N13O9/c1-36(2)57-26-22(56-35(28(26)58-36)49-18-43-24-30(39-16-41-32(24)49)44-33(52)19-7-4-3-5-8-19)14-53-13-20-11-47(46-45-20)9-6-10-54-27-25(51)21(12-50)55-34(27)48-17-42-23-29(37)38-15-40-31(23)48/h3-5,7-8,11,15-18,21-22,25-28,34-35,50-51H,6,9-10,12-14H2,1-2H3,(H2,37,38,40)(H,39,41,44,52)/t21-,22-,25-,26-,27-,28-,34-,35-/m1/s1. The lowest BCUT2D eigenvalue weighted by atomic mass is 10.1. The topological polar surface area (TPSA) is 269 Å². The molecule has 9 rings (SSSR count). The molecule has 6 aromatic rings. The van der Waals surface area contributed by atoms with Crippen LogP contribution in [0.1, 0.15) is 48.8 Å². The van der Waals surface area contributed by atoms with Gasteiger partial charge in [0.2, 0.25) is 0 Å². The Morgan fingerprint density at radius 2 is 1.66 bits per heavy atom. The van der Waals surface area contributed by atoms with Gasteiger partial charge >= 0.3 is 0 Å². The number of amides is 1. The van der Waals surface area contributed by atoms with Crippen molar-refractivity contribution in [2.45, 2.75) is 88.3 Å². The van der Waals surface area contributed by atoms with E-state index in [2.05, 4.69) is 45.5 Å². The zero-order valence-corrected chi connectivity index (χ0v) is 31.4. The van der Waals surface area contributed by atoms with Gasteiger partial charge in [-0.05, 0) is 32.4 Å². The van der Waals surface area contributed by atoms with Gasteiger partial charge in [-0.25, -0.2) is 29.9 Å². The number of aryl methyl sites for hydroxylation is 1. The highest BCUT2D eigenvalue weighted by Gasteiger charge is 2.56. The van der Waals surface area contributed by atoms with Gasteiger partial charge in [0.05, 0.1) is 38.7 Å². The SMILES string of the molecule is CC1(C)O[C@@H]2[C@H](O1)[C@@H](COCc1cn(CCCO[C@@H]3[C@H](O)[C@@H](CO)O[C@H]3n3cnc4c(N)ncnc43)nn1)O[C@H]2n1cnc2c(NC(=O)c3ccccc3)ncnc21. The summed E-state index contributed by atoms with van der Waals surface area (Å²) in [5.41, 5.74) is 8.70.